The number of hydrogen-bond acceptors (Lipinski definition) is 3. The molecule has 0 aliphatic carbocycles. The maximum atomic E-state index is 13.2. The molecule has 1 heterocycles. The lowest BCUT2D eigenvalue weighted by molar-refractivity contribution is 0.103. The first kappa shape index (κ1) is 13.9. The summed E-state index contributed by atoms with van der Waals surface area (Å²) in [5.74, 6) is -0.624. The minimum absolute atomic E-state index is 0.300. The van der Waals surface area contributed by atoms with Gasteiger partial charge in [-0.1, -0.05) is 17.7 Å². The average molecular weight is 321 g/mol. The summed E-state index contributed by atoms with van der Waals surface area (Å²) >= 11 is 7.11. The number of benzene rings is 2. The fourth-order valence-electron chi connectivity index (χ4n) is 1.94. The Morgan fingerprint density at radius 2 is 2.00 bits per heavy atom. The molecule has 3 N–H and O–H groups in total. The molecule has 3 rings (SSSR count). The molecule has 3 aromatic rings. The first-order valence-corrected chi connectivity index (χ1v) is 7.28. The van der Waals surface area contributed by atoms with Crippen LogP contribution in [0.1, 0.15) is 9.67 Å². The van der Waals surface area contributed by atoms with Gasteiger partial charge in [-0.3, -0.25) is 4.79 Å². The molecule has 0 saturated heterocycles. The van der Waals surface area contributed by atoms with Crippen molar-refractivity contribution < 1.29 is 9.18 Å². The minimum Gasteiger partial charge on any atom is -0.397 e. The van der Waals surface area contributed by atoms with E-state index in [1.165, 1.54) is 23.5 Å². The number of anilines is 2. The van der Waals surface area contributed by atoms with Crippen LogP contribution in [0.5, 0.6) is 0 Å². The summed E-state index contributed by atoms with van der Waals surface area (Å²) in [7, 11) is 0. The van der Waals surface area contributed by atoms with E-state index in [9.17, 15) is 9.18 Å². The molecule has 0 aliphatic rings. The lowest BCUT2D eigenvalue weighted by Gasteiger charge is -2.07. The molecule has 21 heavy (non-hydrogen) atoms. The molecular weight excluding hydrogens is 311 g/mol. The highest BCUT2D eigenvalue weighted by atomic mass is 35.5. The van der Waals surface area contributed by atoms with Crippen molar-refractivity contribution in [1.29, 1.82) is 0 Å². The van der Waals surface area contributed by atoms with Crippen LogP contribution in [-0.4, -0.2) is 5.91 Å². The second kappa shape index (κ2) is 5.35. The van der Waals surface area contributed by atoms with Gasteiger partial charge in [0.05, 0.1) is 16.3 Å². The number of nitrogens with two attached hydrogens (primary N) is 1. The molecule has 3 nitrogen and oxygen atoms in total. The number of hydrogen-bond donors (Lipinski definition) is 2. The van der Waals surface area contributed by atoms with E-state index in [1.54, 1.807) is 30.3 Å². The van der Waals surface area contributed by atoms with Gasteiger partial charge in [0, 0.05) is 9.72 Å². The van der Waals surface area contributed by atoms with E-state index >= 15 is 0 Å². The summed E-state index contributed by atoms with van der Waals surface area (Å²) in [6, 6.07) is 11.0. The summed E-state index contributed by atoms with van der Waals surface area (Å²) < 4.78 is 13.9. The molecule has 2 aromatic carbocycles. The van der Waals surface area contributed by atoms with Crippen molar-refractivity contribution in [1.82, 2.24) is 0 Å². The maximum Gasteiger partial charge on any atom is 0.265 e. The molecule has 0 atom stereocenters. The second-order valence-corrected chi connectivity index (χ2v) is 6.00. The molecule has 106 valence electrons. The Morgan fingerprint density at radius 3 is 2.81 bits per heavy atom. The van der Waals surface area contributed by atoms with Crippen molar-refractivity contribution >= 4 is 50.3 Å². The highest BCUT2D eigenvalue weighted by Gasteiger charge is 2.12. The lowest BCUT2D eigenvalue weighted by atomic mass is 10.2. The number of amides is 1. The normalized spacial score (nSPS) is 10.8. The van der Waals surface area contributed by atoms with Crippen LogP contribution >= 0.6 is 22.9 Å². The molecule has 0 aliphatic heterocycles. The Hall–Kier alpha value is -2.11. The zero-order chi connectivity index (χ0) is 15.0. The zero-order valence-corrected chi connectivity index (χ0v) is 12.3. The third kappa shape index (κ3) is 2.84. The predicted molar refractivity (Wildman–Crippen MR) is 85.6 cm³/mol. The smallest absolute Gasteiger partial charge is 0.265 e. The van der Waals surface area contributed by atoms with Crippen LogP contribution in [0.25, 0.3) is 10.1 Å². The van der Waals surface area contributed by atoms with Gasteiger partial charge in [-0.15, -0.1) is 11.3 Å². The minimum atomic E-state index is -0.324. The molecule has 6 heteroatoms. The molecule has 0 saturated carbocycles. The topological polar surface area (TPSA) is 55.1 Å². The largest absolute Gasteiger partial charge is 0.397 e. The van der Waals surface area contributed by atoms with Gasteiger partial charge >= 0.3 is 0 Å². The van der Waals surface area contributed by atoms with Gasteiger partial charge in [0.1, 0.15) is 5.82 Å². The van der Waals surface area contributed by atoms with Gasteiger partial charge < -0.3 is 11.1 Å². The number of nitrogens with one attached hydrogen (secondary N) is 1. The van der Waals surface area contributed by atoms with Crippen LogP contribution < -0.4 is 11.1 Å². The van der Waals surface area contributed by atoms with Gasteiger partial charge in [0.15, 0.2) is 0 Å². The fraction of sp³-hybridized carbons (Fsp3) is 0. The van der Waals surface area contributed by atoms with Crippen molar-refractivity contribution in [3.05, 3.63) is 58.2 Å². The molecular formula is C15H10ClFN2OS. The molecule has 0 bridgehead atoms. The number of fused-ring (bicyclic) bond motifs is 1. The fourth-order valence-corrected chi connectivity index (χ4v) is 3.09. The van der Waals surface area contributed by atoms with E-state index < -0.39 is 0 Å². The number of halogens is 2. The van der Waals surface area contributed by atoms with Gasteiger partial charge in [-0.05, 0) is 41.8 Å². The summed E-state index contributed by atoms with van der Waals surface area (Å²) in [6.07, 6.45) is 0. The van der Waals surface area contributed by atoms with E-state index in [4.69, 9.17) is 17.3 Å². The highest BCUT2D eigenvalue weighted by molar-refractivity contribution is 7.20. The Labute approximate surface area is 129 Å². The molecule has 0 unspecified atom stereocenters. The van der Waals surface area contributed by atoms with Crippen LogP contribution in [0.15, 0.2) is 42.5 Å². The predicted octanol–water partition coefficient (Wildman–Crippen LogP) is 4.53. The monoisotopic (exact) mass is 320 g/mol. The van der Waals surface area contributed by atoms with Crippen LogP contribution in [-0.2, 0) is 0 Å². The average Bonchev–Trinajstić information content (AvgIpc) is 2.86. The quantitative estimate of drug-likeness (QED) is 0.682. The number of nitrogen functional groups attached to an aromatic ring is 1. The maximum absolute atomic E-state index is 13.2. The number of thiophene rings is 1. The van der Waals surface area contributed by atoms with E-state index in [0.717, 1.165) is 10.1 Å². The van der Waals surface area contributed by atoms with E-state index in [1.807, 2.05) is 0 Å². The Morgan fingerprint density at radius 1 is 1.19 bits per heavy atom. The standard InChI is InChI=1S/C15H10ClFN2OS/c16-9-2-4-11(18)12(6-9)19-15(20)14-5-8-1-3-10(17)7-13(8)21-14/h1-7H,18H2,(H,19,20). The second-order valence-electron chi connectivity index (χ2n) is 4.48. The van der Waals surface area contributed by atoms with Crippen molar-refractivity contribution in [3.8, 4) is 0 Å². The van der Waals surface area contributed by atoms with Crippen LogP contribution in [0.3, 0.4) is 0 Å². The number of carbonyl (C=O) groups excluding carboxylic acids is 1. The van der Waals surface area contributed by atoms with E-state index in [2.05, 4.69) is 5.32 Å². The Balaban J connectivity index is 1.91. The van der Waals surface area contributed by atoms with Crippen LogP contribution in [0.2, 0.25) is 5.02 Å². The van der Waals surface area contributed by atoms with Crippen molar-refractivity contribution in [2.45, 2.75) is 0 Å². The first-order valence-electron chi connectivity index (χ1n) is 6.08. The summed E-state index contributed by atoms with van der Waals surface area (Å²) in [6.45, 7) is 0. The van der Waals surface area contributed by atoms with Crippen LogP contribution in [0, 0.1) is 5.82 Å². The lowest BCUT2D eigenvalue weighted by Crippen LogP contribution is -2.11. The molecule has 1 aromatic heterocycles. The Kier molecular flexibility index (Phi) is 3.53. The van der Waals surface area contributed by atoms with Gasteiger partial charge in [-0.25, -0.2) is 4.39 Å². The van der Waals surface area contributed by atoms with Crippen molar-refractivity contribution in [3.63, 3.8) is 0 Å². The number of carbonyl (C=O) groups is 1. The third-order valence-corrected chi connectivity index (χ3v) is 4.30. The third-order valence-electron chi connectivity index (χ3n) is 2.97. The van der Waals surface area contributed by atoms with E-state index in [-0.39, 0.29) is 11.7 Å². The van der Waals surface area contributed by atoms with Gasteiger partial charge in [0.25, 0.3) is 5.91 Å². The van der Waals surface area contributed by atoms with Crippen molar-refractivity contribution in [2.24, 2.45) is 0 Å². The van der Waals surface area contributed by atoms with E-state index in [0.29, 0.717) is 21.3 Å². The molecule has 1 amide bonds. The first-order chi connectivity index (χ1) is 10.0. The SMILES string of the molecule is Nc1ccc(Cl)cc1NC(=O)c1cc2ccc(F)cc2s1. The van der Waals surface area contributed by atoms with Gasteiger partial charge in [-0.2, -0.15) is 0 Å². The molecule has 0 fully saturated rings. The van der Waals surface area contributed by atoms with Crippen molar-refractivity contribution in [2.75, 3.05) is 11.1 Å². The summed E-state index contributed by atoms with van der Waals surface area (Å²) in [5, 5.41) is 4.02. The summed E-state index contributed by atoms with van der Waals surface area (Å²) in [5.41, 5.74) is 6.68. The zero-order valence-electron chi connectivity index (χ0n) is 10.7. The molecule has 0 radical (unpaired) electrons. The summed E-state index contributed by atoms with van der Waals surface area (Å²) in [4.78, 5) is 12.7. The highest BCUT2D eigenvalue weighted by Crippen LogP contribution is 2.28. The molecule has 0 spiro atoms. The Bertz CT molecular complexity index is 847. The van der Waals surface area contributed by atoms with Gasteiger partial charge in [0.2, 0.25) is 0 Å². The number of rotatable bonds is 2. The van der Waals surface area contributed by atoms with Crippen LogP contribution in [0.4, 0.5) is 15.8 Å².